The third-order valence-corrected chi connectivity index (χ3v) is 9.68. The number of fused-ring (bicyclic) bond motifs is 1. The van der Waals surface area contributed by atoms with Crippen molar-refractivity contribution in [3.05, 3.63) is 112 Å². The molecule has 1 aromatic heterocycles. The highest BCUT2D eigenvalue weighted by molar-refractivity contribution is 7.89. The number of nitrogens with zero attached hydrogens (tertiary/aromatic N) is 2. The molecule has 44 heavy (non-hydrogen) atoms. The molecule has 2 heterocycles. The lowest BCUT2D eigenvalue weighted by molar-refractivity contribution is -0.132. The van der Waals surface area contributed by atoms with E-state index in [1.807, 2.05) is 20.8 Å². The largest absolute Gasteiger partial charge is 0.464 e. The topological polar surface area (TPSA) is 97.1 Å². The maximum absolute atomic E-state index is 14.0. The summed E-state index contributed by atoms with van der Waals surface area (Å²) in [4.78, 5) is 28.8. The first-order valence-electron chi connectivity index (χ1n) is 14.7. The van der Waals surface area contributed by atoms with Crippen LogP contribution in [0.25, 0.3) is 11.0 Å². The van der Waals surface area contributed by atoms with Gasteiger partial charge in [0.25, 0.3) is 0 Å². The fourth-order valence-corrected chi connectivity index (χ4v) is 6.69. The van der Waals surface area contributed by atoms with Gasteiger partial charge in [-0.25, -0.2) is 12.8 Å². The number of sulfonamides is 1. The zero-order valence-electron chi connectivity index (χ0n) is 25.2. The van der Waals surface area contributed by atoms with Crippen LogP contribution in [0.2, 0.25) is 0 Å². The van der Waals surface area contributed by atoms with Gasteiger partial charge in [0.15, 0.2) is 5.43 Å². The van der Waals surface area contributed by atoms with Crippen LogP contribution in [0.4, 0.5) is 4.39 Å². The number of para-hydroxylation sites is 1. The minimum atomic E-state index is -4.09. The highest BCUT2D eigenvalue weighted by atomic mass is 32.2. The number of hydrogen-bond acceptors (Lipinski definition) is 6. The van der Waals surface area contributed by atoms with E-state index in [9.17, 15) is 22.4 Å². The molecule has 1 aliphatic rings. The van der Waals surface area contributed by atoms with E-state index in [-0.39, 0.29) is 47.0 Å². The van der Waals surface area contributed by atoms with E-state index >= 15 is 0 Å². The maximum Gasteiger partial charge on any atom is 0.243 e. The Morgan fingerprint density at radius 3 is 2.34 bits per heavy atom. The molecule has 4 aromatic rings. The van der Waals surface area contributed by atoms with Gasteiger partial charge in [0, 0.05) is 19.7 Å². The van der Waals surface area contributed by atoms with E-state index in [2.05, 4.69) is 0 Å². The number of hydrogen-bond donors (Lipinski definition) is 0. The van der Waals surface area contributed by atoms with Crippen molar-refractivity contribution in [1.82, 2.24) is 9.21 Å². The molecule has 0 unspecified atom stereocenters. The molecular weight excluding hydrogens is 583 g/mol. The molecule has 1 amide bonds. The lowest BCUT2D eigenvalue weighted by Crippen LogP contribution is -2.45. The van der Waals surface area contributed by atoms with E-state index in [0.29, 0.717) is 29.6 Å². The second-order valence-electron chi connectivity index (χ2n) is 12.2. The SMILES string of the molecule is CC(C)(C)c1ccc(S(=O)(=O)N(CC(=O)N(Cc2ccc(F)cc2)Cc2coc3ccccc3c2=O)C[C@H]2CCCO2)cc1. The van der Waals surface area contributed by atoms with E-state index < -0.39 is 28.3 Å². The summed E-state index contributed by atoms with van der Waals surface area (Å²) in [5.41, 5.74) is 1.82. The maximum atomic E-state index is 14.0. The molecule has 0 saturated carbocycles. The lowest BCUT2D eigenvalue weighted by Gasteiger charge is -2.29. The molecule has 5 rings (SSSR count). The molecule has 3 aromatic carbocycles. The van der Waals surface area contributed by atoms with E-state index in [0.717, 1.165) is 16.3 Å². The van der Waals surface area contributed by atoms with Crippen molar-refractivity contribution in [1.29, 1.82) is 0 Å². The van der Waals surface area contributed by atoms with Crippen molar-refractivity contribution in [2.45, 2.75) is 63.1 Å². The summed E-state index contributed by atoms with van der Waals surface area (Å²) in [7, 11) is -4.09. The Bertz CT molecular complexity index is 1770. The molecule has 0 aliphatic carbocycles. The van der Waals surface area contributed by atoms with Crippen LogP contribution < -0.4 is 5.43 Å². The summed E-state index contributed by atoms with van der Waals surface area (Å²) in [5, 5.41) is 0.375. The lowest BCUT2D eigenvalue weighted by atomic mass is 9.87. The molecule has 1 aliphatic heterocycles. The number of ether oxygens (including phenoxy) is 1. The average Bonchev–Trinajstić information content (AvgIpc) is 3.52. The third kappa shape index (κ3) is 7.26. The van der Waals surface area contributed by atoms with E-state index in [1.54, 1.807) is 60.7 Å². The molecule has 10 heteroatoms. The number of carbonyl (C=O) groups is 1. The zero-order valence-corrected chi connectivity index (χ0v) is 26.0. The molecule has 0 radical (unpaired) electrons. The summed E-state index contributed by atoms with van der Waals surface area (Å²) in [6.45, 7) is 6.11. The van der Waals surface area contributed by atoms with Crippen LogP contribution >= 0.6 is 0 Å². The fraction of sp³-hybridized carbons (Fsp3) is 0.353. The summed E-state index contributed by atoms with van der Waals surface area (Å²) >= 11 is 0. The quantitative estimate of drug-likeness (QED) is 0.228. The molecule has 1 atom stereocenters. The van der Waals surface area contributed by atoms with Crippen LogP contribution in [-0.2, 0) is 38.1 Å². The Morgan fingerprint density at radius 2 is 1.68 bits per heavy atom. The molecule has 0 bridgehead atoms. The predicted molar refractivity (Wildman–Crippen MR) is 166 cm³/mol. The first-order chi connectivity index (χ1) is 20.9. The second kappa shape index (κ2) is 13.0. The van der Waals surface area contributed by atoms with Crippen molar-refractivity contribution in [3.8, 4) is 0 Å². The van der Waals surface area contributed by atoms with Crippen molar-refractivity contribution in [2.75, 3.05) is 19.7 Å². The molecule has 232 valence electrons. The number of carbonyl (C=O) groups excluding carboxylic acids is 1. The van der Waals surface area contributed by atoms with Crippen molar-refractivity contribution < 1.29 is 26.8 Å². The van der Waals surface area contributed by atoms with Crippen LogP contribution in [0.1, 0.15) is 50.3 Å². The standard InChI is InChI=1S/C34H37FN2O6S/c1-34(2,3)26-12-16-29(17-13-26)44(40,41)37(21-28-7-6-18-42-28)22-32(38)36(19-24-10-14-27(35)15-11-24)20-25-23-43-31-9-5-4-8-30(31)33(25)39/h4-5,8-17,23,28H,6-7,18-22H2,1-3H3/t28-/m1/s1. The molecule has 8 nitrogen and oxygen atoms in total. The van der Waals surface area contributed by atoms with Gasteiger partial charge in [-0.2, -0.15) is 4.31 Å². The number of rotatable bonds is 10. The van der Waals surface area contributed by atoms with Crippen LogP contribution in [-0.4, -0.2) is 49.3 Å². The smallest absolute Gasteiger partial charge is 0.243 e. The van der Waals surface area contributed by atoms with Crippen molar-refractivity contribution in [2.24, 2.45) is 0 Å². The molecule has 1 saturated heterocycles. The van der Waals surface area contributed by atoms with Crippen LogP contribution in [0, 0.1) is 5.82 Å². The van der Waals surface area contributed by atoms with Gasteiger partial charge in [-0.15, -0.1) is 0 Å². The Hall–Kier alpha value is -3.86. The first kappa shape index (κ1) is 31.6. The zero-order chi connectivity index (χ0) is 31.5. The third-order valence-electron chi connectivity index (χ3n) is 7.85. The second-order valence-corrected chi connectivity index (χ2v) is 14.1. The van der Waals surface area contributed by atoms with Gasteiger partial charge in [0.1, 0.15) is 11.4 Å². The van der Waals surface area contributed by atoms with E-state index in [4.69, 9.17) is 9.15 Å². The summed E-state index contributed by atoms with van der Waals surface area (Å²) in [6.07, 6.45) is 2.47. The van der Waals surface area contributed by atoms with Crippen molar-refractivity contribution >= 4 is 26.9 Å². The van der Waals surface area contributed by atoms with E-state index in [1.165, 1.54) is 23.3 Å². The molecule has 0 N–H and O–H groups in total. The van der Waals surface area contributed by atoms with Gasteiger partial charge in [-0.1, -0.05) is 57.2 Å². The Balaban J connectivity index is 1.47. The van der Waals surface area contributed by atoms with Crippen LogP contribution in [0.5, 0.6) is 0 Å². The van der Waals surface area contributed by atoms with Gasteiger partial charge in [0.2, 0.25) is 15.9 Å². The number of halogens is 1. The van der Waals surface area contributed by atoms with Crippen molar-refractivity contribution in [3.63, 3.8) is 0 Å². The Kier molecular flexibility index (Phi) is 9.34. The monoisotopic (exact) mass is 620 g/mol. The Morgan fingerprint density at radius 1 is 0.977 bits per heavy atom. The predicted octanol–water partition coefficient (Wildman–Crippen LogP) is 5.63. The van der Waals surface area contributed by atoms with Gasteiger partial charge in [-0.05, 0) is 65.8 Å². The first-order valence-corrected chi connectivity index (χ1v) is 16.1. The molecule has 0 spiro atoms. The summed E-state index contributed by atoms with van der Waals surface area (Å²) in [6, 6.07) is 19.2. The summed E-state index contributed by atoms with van der Waals surface area (Å²) in [5.74, 6) is -0.942. The number of benzene rings is 3. The fourth-order valence-electron chi connectivity index (χ4n) is 5.27. The number of amides is 1. The minimum absolute atomic E-state index is 0.0115. The minimum Gasteiger partial charge on any atom is -0.464 e. The molecular formula is C34H37FN2O6S. The van der Waals surface area contributed by atoms with Gasteiger partial charge in [0.05, 0.1) is 41.3 Å². The highest BCUT2D eigenvalue weighted by Crippen LogP contribution is 2.26. The summed E-state index contributed by atoms with van der Waals surface area (Å²) < 4.78 is 54.2. The van der Waals surface area contributed by atoms with Gasteiger partial charge >= 0.3 is 0 Å². The van der Waals surface area contributed by atoms with Crippen LogP contribution in [0.3, 0.4) is 0 Å². The highest BCUT2D eigenvalue weighted by Gasteiger charge is 2.33. The van der Waals surface area contributed by atoms with Crippen LogP contribution in [0.15, 0.2) is 93.2 Å². The van der Waals surface area contributed by atoms with Gasteiger partial charge in [-0.3, -0.25) is 9.59 Å². The van der Waals surface area contributed by atoms with Gasteiger partial charge < -0.3 is 14.1 Å². The Labute approximate surface area is 257 Å². The average molecular weight is 621 g/mol. The normalized spacial score (nSPS) is 15.6. The molecule has 1 fully saturated rings.